The van der Waals surface area contributed by atoms with Crippen LogP contribution >= 0.6 is 0 Å². The first kappa shape index (κ1) is 15.8. The van der Waals surface area contributed by atoms with Gasteiger partial charge in [-0.25, -0.2) is 9.69 Å². The SMILES string of the molecule is COc1cccc([C@@]2(C)NC(=O)N(C[NH+]3CCCCC3)C2=O)c1. The Kier molecular flexibility index (Phi) is 4.26. The zero-order valence-corrected chi connectivity index (χ0v) is 13.7. The number of hydrogen-bond donors (Lipinski definition) is 2. The monoisotopic (exact) mass is 318 g/mol. The second-order valence-electron chi connectivity index (χ2n) is 6.49. The van der Waals surface area contributed by atoms with Gasteiger partial charge in [0.05, 0.1) is 20.2 Å². The van der Waals surface area contributed by atoms with Crippen LogP contribution in [0.15, 0.2) is 24.3 Å². The van der Waals surface area contributed by atoms with Crippen molar-refractivity contribution in [2.45, 2.75) is 31.7 Å². The molecule has 0 radical (unpaired) electrons. The van der Waals surface area contributed by atoms with Crippen LogP contribution < -0.4 is 15.0 Å². The average molecular weight is 318 g/mol. The van der Waals surface area contributed by atoms with Crippen LogP contribution in [0.4, 0.5) is 4.79 Å². The summed E-state index contributed by atoms with van der Waals surface area (Å²) < 4.78 is 5.23. The molecule has 0 aromatic heterocycles. The van der Waals surface area contributed by atoms with Crippen LogP contribution in [0, 0.1) is 0 Å². The van der Waals surface area contributed by atoms with Gasteiger partial charge in [-0.2, -0.15) is 0 Å². The predicted molar refractivity (Wildman–Crippen MR) is 85.1 cm³/mol. The molecule has 2 heterocycles. The lowest BCUT2D eigenvalue weighted by Crippen LogP contribution is -3.14. The third kappa shape index (κ3) is 2.91. The van der Waals surface area contributed by atoms with E-state index in [9.17, 15) is 9.59 Å². The fourth-order valence-corrected chi connectivity index (χ4v) is 3.40. The fraction of sp³-hybridized carbons (Fsp3) is 0.529. The number of methoxy groups -OCH3 is 1. The van der Waals surface area contributed by atoms with Gasteiger partial charge in [-0.1, -0.05) is 12.1 Å². The summed E-state index contributed by atoms with van der Waals surface area (Å²) in [6.07, 6.45) is 3.56. The summed E-state index contributed by atoms with van der Waals surface area (Å²) in [5.74, 6) is 0.486. The quantitative estimate of drug-likeness (QED) is 0.794. The number of carbonyl (C=O) groups is 2. The van der Waals surface area contributed by atoms with E-state index >= 15 is 0 Å². The number of nitrogens with zero attached hydrogens (tertiary/aromatic N) is 1. The first-order valence-corrected chi connectivity index (χ1v) is 8.17. The molecule has 2 aliphatic rings. The minimum atomic E-state index is -1.03. The summed E-state index contributed by atoms with van der Waals surface area (Å²) in [5.41, 5.74) is -0.285. The number of piperidine rings is 1. The van der Waals surface area contributed by atoms with Crippen LogP contribution in [0.2, 0.25) is 0 Å². The van der Waals surface area contributed by atoms with Crippen LogP contribution in [-0.2, 0) is 10.3 Å². The van der Waals surface area contributed by atoms with Crippen molar-refractivity contribution in [2.24, 2.45) is 0 Å². The average Bonchev–Trinajstić information content (AvgIpc) is 2.80. The van der Waals surface area contributed by atoms with Crippen molar-refractivity contribution in [3.63, 3.8) is 0 Å². The molecule has 0 unspecified atom stereocenters. The number of amides is 3. The molecule has 3 amide bonds. The lowest BCUT2D eigenvalue weighted by molar-refractivity contribution is -0.912. The van der Waals surface area contributed by atoms with Gasteiger partial charge in [-0.05, 0) is 43.9 Å². The van der Waals surface area contributed by atoms with E-state index in [-0.39, 0.29) is 11.9 Å². The van der Waals surface area contributed by atoms with Crippen molar-refractivity contribution in [1.82, 2.24) is 10.2 Å². The Morgan fingerprint density at radius 2 is 2.00 bits per heavy atom. The molecular formula is C17H24N3O3+. The maximum Gasteiger partial charge on any atom is 0.329 e. The summed E-state index contributed by atoms with van der Waals surface area (Å²) in [7, 11) is 1.59. The zero-order valence-electron chi connectivity index (χ0n) is 13.7. The number of imide groups is 1. The lowest BCUT2D eigenvalue weighted by atomic mass is 9.92. The molecule has 2 N–H and O–H groups in total. The van der Waals surface area contributed by atoms with Crippen molar-refractivity contribution >= 4 is 11.9 Å². The third-order valence-electron chi connectivity index (χ3n) is 4.86. The molecule has 124 valence electrons. The van der Waals surface area contributed by atoms with Crippen molar-refractivity contribution in [2.75, 3.05) is 26.9 Å². The van der Waals surface area contributed by atoms with E-state index in [1.54, 1.807) is 20.1 Å². The highest BCUT2D eigenvalue weighted by Gasteiger charge is 2.50. The Morgan fingerprint density at radius 1 is 1.26 bits per heavy atom. The van der Waals surface area contributed by atoms with Gasteiger partial charge in [0.2, 0.25) is 0 Å². The number of hydrogen-bond acceptors (Lipinski definition) is 3. The number of rotatable bonds is 4. The van der Waals surface area contributed by atoms with E-state index in [1.807, 2.05) is 18.2 Å². The second kappa shape index (κ2) is 6.20. The number of nitrogens with one attached hydrogen (secondary N) is 2. The fourth-order valence-electron chi connectivity index (χ4n) is 3.40. The first-order chi connectivity index (χ1) is 11.0. The molecular weight excluding hydrogens is 294 g/mol. The van der Waals surface area contributed by atoms with Crippen molar-refractivity contribution < 1.29 is 19.2 Å². The lowest BCUT2D eigenvalue weighted by Gasteiger charge is -2.27. The van der Waals surface area contributed by atoms with Gasteiger partial charge in [-0.3, -0.25) is 4.79 Å². The van der Waals surface area contributed by atoms with Crippen LogP contribution in [0.5, 0.6) is 5.75 Å². The van der Waals surface area contributed by atoms with Crippen molar-refractivity contribution in [3.8, 4) is 5.75 Å². The summed E-state index contributed by atoms with van der Waals surface area (Å²) in [4.78, 5) is 27.9. The number of urea groups is 1. The Balaban J connectivity index is 1.81. The molecule has 2 aliphatic heterocycles. The highest BCUT2D eigenvalue weighted by molar-refractivity contribution is 6.07. The Morgan fingerprint density at radius 3 is 2.70 bits per heavy atom. The summed E-state index contributed by atoms with van der Waals surface area (Å²) in [6, 6.07) is 6.99. The van der Waals surface area contributed by atoms with E-state index < -0.39 is 5.54 Å². The first-order valence-electron chi connectivity index (χ1n) is 8.17. The van der Waals surface area contributed by atoms with Crippen LogP contribution in [0.25, 0.3) is 0 Å². The van der Waals surface area contributed by atoms with E-state index in [2.05, 4.69) is 5.32 Å². The van der Waals surface area contributed by atoms with Gasteiger partial charge >= 0.3 is 6.03 Å². The molecule has 6 heteroatoms. The van der Waals surface area contributed by atoms with E-state index in [0.29, 0.717) is 12.4 Å². The molecule has 0 aliphatic carbocycles. The molecule has 1 aromatic rings. The van der Waals surface area contributed by atoms with Gasteiger partial charge in [0.15, 0.2) is 6.67 Å². The molecule has 3 rings (SSSR count). The number of ether oxygens (including phenoxy) is 1. The second-order valence-corrected chi connectivity index (χ2v) is 6.49. The summed E-state index contributed by atoms with van der Waals surface area (Å²) in [6.45, 7) is 4.25. The molecule has 0 bridgehead atoms. The maximum absolute atomic E-state index is 12.9. The Hall–Kier alpha value is -2.08. The molecule has 1 aromatic carbocycles. The highest BCUT2D eigenvalue weighted by atomic mass is 16.5. The molecule has 2 fully saturated rings. The Labute approximate surface area is 136 Å². The Bertz CT molecular complexity index is 613. The largest absolute Gasteiger partial charge is 0.497 e. The normalized spacial score (nSPS) is 25.6. The predicted octanol–water partition coefficient (Wildman–Crippen LogP) is 0.488. The molecule has 0 saturated carbocycles. The molecule has 0 spiro atoms. The zero-order chi connectivity index (χ0) is 16.4. The van der Waals surface area contributed by atoms with Crippen LogP contribution in [-0.4, -0.2) is 43.7 Å². The van der Waals surface area contributed by atoms with Gasteiger partial charge < -0.3 is 15.0 Å². The summed E-state index contributed by atoms with van der Waals surface area (Å²) >= 11 is 0. The third-order valence-corrected chi connectivity index (χ3v) is 4.86. The van der Waals surface area contributed by atoms with Crippen molar-refractivity contribution in [1.29, 1.82) is 0 Å². The minimum absolute atomic E-state index is 0.186. The van der Waals surface area contributed by atoms with Crippen LogP contribution in [0.3, 0.4) is 0 Å². The van der Waals surface area contributed by atoms with Crippen molar-refractivity contribution in [3.05, 3.63) is 29.8 Å². The molecule has 23 heavy (non-hydrogen) atoms. The summed E-state index contributed by atoms with van der Waals surface area (Å²) in [5, 5.41) is 2.86. The smallest absolute Gasteiger partial charge is 0.329 e. The minimum Gasteiger partial charge on any atom is -0.497 e. The standard InChI is InChI=1S/C17H23N3O3/c1-17(13-7-6-8-14(11-13)23-2)15(21)20(16(22)18-17)12-19-9-4-3-5-10-19/h6-8,11H,3-5,9-10,12H2,1-2H3,(H,18,22)/p+1/t17-/m1/s1. The highest BCUT2D eigenvalue weighted by Crippen LogP contribution is 2.30. The molecule has 2 saturated heterocycles. The maximum atomic E-state index is 12.9. The van der Waals surface area contributed by atoms with E-state index in [0.717, 1.165) is 31.5 Å². The van der Waals surface area contributed by atoms with E-state index in [1.165, 1.54) is 16.2 Å². The number of carbonyl (C=O) groups excluding carboxylic acids is 2. The number of quaternary nitrogens is 1. The van der Waals surface area contributed by atoms with Gasteiger partial charge in [-0.15, -0.1) is 0 Å². The van der Waals surface area contributed by atoms with Gasteiger partial charge in [0.25, 0.3) is 5.91 Å². The topological polar surface area (TPSA) is 63.1 Å². The molecule has 1 atom stereocenters. The molecule has 6 nitrogen and oxygen atoms in total. The van der Waals surface area contributed by atoms with Crippen LogP contribution in [0.1, 0.15) is 31.7 Å². The number of likely N-dealkylation sites (tertiary alicyclic amines) is 1. The number of benzene rings is 1. The van der Waals surface area contributed by atoms with Gasteiger partial charge in [0.1, 0.15) is 11.3 Å². The van der Waals surface area contributed by atoms with Gasteiger partial charge in [0, 0.05) is 0 Å². The van der Waals surface area contributed by atoms with E-state index in [4.69, 9.17) is 4.74 Å².